The molecule has 124 valence electrons. The topological polar surface area (TPSA) is 45.3 Å². The van der Waals surface area contributed by atoms with Crippen molar-refractivity contribution in [2.45, 2.75) is 26.2 Å². The lowest BCUT2D eigenvalue weighted by Crippen LogP contribution is -2.29. The zero-order valence-corrected chi connectivity index (χ0v) is 14.3. The Labute approximate surface area is 143 Å². The molecule has 24 heavy (non-hydrogen) atoms. The minimum atomic E-state index is -0.211. The summed E-state index contributed by atoms with van der Waals surface area (Å²) in [5.74, 6) is -0.211. The molecule has 0 atom stereocenters. The molecule has 4 nitrogen and oxygen atoms in total. The number of rotatable bonds is 7. The highest BCUT2D eigenvalue weighted by atomic mass is 16.2. The van der Waals surface area contributed by atoms with Crippen molar-refractivity contribution in [3.05, 3.63) is 71.6 Å². The fraction of sp³-hybridized carbons (Fsp3) is 0.250. The van der Waals surface area contributed by atoms with Gasteiger partial charge in [0.2, 0.25) is 0 Å². The number of allylic oxidation sites excluding steroid dienone is 1. The summed E-state index contributed by atoms with van der Waals surface area (Å²) in [5.41, 5.74) is 5.41. The van der Waals surface area contributed by atoms with Gasteiger partial charge in [-0.15, -0.1) is 0 Å². The molecule has 0 saturated carbocycles. The minimum absolute atomic E-state index is 0.211. The molecule has 2 aromatic rings. The Morgan fingerprint density at radius 3 is 2.71 bits per heavy atom. The van der Waals surface area contributed by atoms with Crippen molar-refractivity contribution in [3.8, 4) is 0 Å². The summed E-state index contributed by atoms with van der Waals surface area (Å²) in [5, 5.41) is 4.12. The average Bonchev–Trinajstić information content (AvgIpc) is 2.60. The van der Waals surface area contributed by atoms with Crippen LogP contribution in [0.15, 0.2) is 65.5 Å². The Morgan fingerprint density at radius 2 is 2.00 bits per heavy atom. The van der Waals surface area contributed by atoms with Crippen LogP contribution >= 0.6 is 0 Å². The van der Waals surface area contributed by atoms with Crippen molar-refractivity contribution >= 4 is 18.2 Å². The second kappa shape index (κ2) is 9.40. The number of amides is 1. The zero-order chi connectivity index (χ0) is 17.2. The largest absolute Gasteiger partial charge is 0.277 e. The summed E-state index contributed by atoms with van der Waals surface area (Å²) in [4.78, 5) is 12.1. The number of nitrogens with one attached hydrogen (secondary N) is 1. The fourth-order valence-electron chi connectivity index (χ4n) is 2.28. The van der Waals surface area contributed by atoms with E-state index < -0.39 is 0 Å². The van der Waals surface area contributed by atoms with E-state index in [0.29, 0.717) is 5.56 Å². The minimum Gasteiger partial charge on any atom is -0.267 e. The molecule has 0 bridgehead atoms. The lowest BCUT2D eigenvalue weighted by Gasteiger charge is -2.02. The Bertz CT molecular complexity index is 721. The summed E-state index contributed by atoms with van der Waals surface area (Å²) in [6, 6.07) is 13.7. The third kappa shape index (κ3) is 5.80. The number of hydrazone groups is 1. The first-order chi connectivity index (χ1) is 11.7. The molecule has 0 aliphatic rings. The number of hydrogen-bond donors (Lipinski definition) is 1. The molecule has 0 unspecified atom stereocenters. The lowest BCUT2D eigenvalue weighted by atomic mass is 10.1. The van der Waals surface area contributed by atoms with E-state index in [4.69, 9.17) is 0 Å². The highest BCUT2D eigenvalue weighted by Gasteiger charge is 2.07. The van der Waals surface area contributed by atoms with Gasteiger partial charge in [-0.3, -0.25) is 4.79 Å². The quantitative estimate of drug-likeness (QED) is 0.473. The fourth-order valence-corrected chi connectivity index (χ4v) is 2.28. The highest BCUT2D eigenvalue weighted by molar-refractivity contribution is 5.94. The van der Waals surface area contributed by atoms with E-state index in [9.17, 15) is 4.79 Å². The average molecular weight is 322 g/mol. The highest BCUT2D eigenvalue weighted by Crippen LogP contribution is 2.11. The van der Waals surface area contributed by atoms with Crippen molar-refractivity contribution in [2.24, 2.45) is 12.1 Å². The molecular weight excluding hydrogens is 298 g/mol. The van der Waals surface area contributed by atoms with Crippen molar-refractivity contribution in [1.82, 2.24) is 5.43 Å². The second-order valence-corrected chi connectivity index (χ2v) is 5.69. The normalized spacial score (nSPS) is 11.7. The maximum Gasteiger partial charge on any atom is 0.277 e. The van der Waals surface area contributed by atoms with Gasteiger partial charge in [-0.2, -0.15) is 5.10 Å². The smallest absolute Gasteiger partial charge is 0.267 e. The SMILES string of the molecule is CCCCC(/C=N\NC(=O)c1ccc[n+](C)c1)=C/c1ccccc1. The number of nitrogens with zero attached hydrogens (tertiary/aromatic N) is 2. The summed E-state index contributed by atoms with van der Waals surface area (Å²) < 4.78 is 1.83. The summed E-state index contributed by atoms with van der Waals surface area (Å²) >= 11 is 0. The number of hydrogen-bond acceptors (Lipinski definition) is 2. The molecule has 1 amide bonds. The molecule has 0 aliphatic heterocycles. The van der Waals surface area contributed by atoms with Crippen LogP contribution in [0.25, 0.3) is 6.08 Å². The first kappa shape index (κ1) is 17.6. The molecule has 0 spiro atoms. The standard InChI is InChI=1S/C20H23N3O/c1-3-4-9-18(14-17-10-6-5-7-11-17)15-21-22-20(24)19-12-8-13-23(2)16-19/h5-8,10-16H,3-4,9H2,1-2H3/p+1/b18-14-,21-15-. The predicted molar refractivity (Wildman–Crippen MR) is 97.5 cm³/mol. The predicted octanol–water partition coefficient (Wildman–Crippen LogP) is 3.50. The Kier molecular flexibility index (Phi) is 6.90. The molecule has 1 aromatic heterocycles. The molecule has 2 rings (SSSR count). The summed E-state index contributed by atoms with van der Waals surface area (Å²) in [6.07, 6.45) is 10.6. The maximum atomic E-state index is 12.1. The number of pyridine rings is 1. The van der Waals surface area contributed by atoms with E-state index in [1.165, 1.54) is 0 Å². The molecule has 1 aromatic carbocycles. The third-order valence-electron chi connectivity index (χ3n) is 3.57. The number of carbonyl (C=O) groups is 1. The van der Waals surface area contributed by atoms with Crippen LogP contribution in [0, 0.1) is 0 Å². The van der Waals surface area contributed by atoms with Crippen LogP contribution in [0.2, 0.25) is 0 Å². The van der Waals surface area contributed by atoms with Gasteiger partial charge in [0.25, 0.3) is 5.91 Å². The van der Waals surface area contributed by atoms with Crippen molar-refractivity contribution in [3.63, 3.8) is 0 Å². The van der Waals surface area contributed by atoms with Gasteiger partial charge in [-0.1, -0.05) is 49.8 Å². The van der Waals surface area contributed by atoms with E-state index in [-0.39, 0.29) is 5.91 Å². The van der Waals surface area contributed by atoms with E-state index >= 15 is 0 Å². The summed E-state index contributed by atoms with van der Waals surface area (Å²) in [6.45, 7) is 2.16. The first-order valence-corrected chi connectivity index (χ1v) is 8.23. The Balaban J connectivity index is 2.04. The van der Waals surface area contributed by atoms with Crippen LogP contribution in [0.1, 0.15) is 42.1 Å². The number of unbranched alkanes of at least 4 members (excludes halogenated alkanes) is 1. The Hall–Kier alpha value is -2.75. The van der Waals surface area contributed by atoms with Crippen LogP contribution in [-0.2, 0) is 7.05 Å². The van der Waals surface area contributed by atoms with E-state index in [1.54, 1.807) is 18.5 Å². The van der Waals surface area contributed by atoms with E-state index in [0.717, 1.165) is 30.4 Å². The Morgan fingerprint density at radius 1 is 1.21 bits per heavy atom. The van der Waals surface area contributed by atoms with Gasteiger partial charge in [0, 0.05) is 6.07 Å². The summed E-state index contributed by atoms with van der Waals surface area (Å²) in [7, 11) is 1.88. The molecule has 1 N–H and O–H groups in total. The lowest BCUT2D eigenvalue weighted by molar-refractivity contribution is -0.671. The van der Waals surface area contributed by atoms with E-state index in [1.807, 2.05) is 42.1 Å². The molecule has 0 aliphatic carbocycles. The van der Waals surface area contributed by atoms with Gasteiger partial charge in [0.05, 0.1) is 6.21 Å². The van der Waals surface area contributed by atoms with Gasteiger partial charge < -0.3 is 0 Å². The van der Waals surface area contributed by atoms with Crippen molar-refractivity contribution < 1.29 is 9.36 Å². The molecule has 4 heteroatoms. The second-order valence-electron chi connectivity index (χ2n) is 5.69. The first-order valence-electron chi connectivity index (χ1n) is 8.23. The van der Waals surface area contributed by atoms with Crippen LogP contribution in [0.5, 0.6) is 0 Å². The van der Waals surface area contributed by atoms with Gasteiger partial charge in [-0.05, 0) is 30.0 Å². The number of aromatic nitrogens is 1. The molecule has 0 saturated heterocycles. The number of benzene rings is 1. The van der Waals surface area contributed by atoms with Gasteiger partial charge in [-0.25, -0.2) is 9.99 Å². The van der Waals surface area contributed by atoms with Crippen molar-refractivity contribution in [1.29, 1.82) is 0 Å². The van der Waals surface area contributed by atoms with Gasteiger partial charge in [0.1, 0.15) is 12.6 Å². The molecule has 0 fully saturated rings. The molecule has 1 heterocycles. The zero-order valence-electron chi connectivity index (χ0n) is 14.3. The van der Waals surface area contributed by atoms with E-state index in [2.05, 4.69) is 35.7 Å². The van der Waals surface area contributed by atoms with Gasteiger partial charge >= 0.3 is 0 Å². The van der Waals surface area contributed by atoms with Crippen LogP contribution in [0.4, 0.5) is 0 Å². The van der Waals surface area contributed by atoms with Gasteiger partial charge in [0.15, 0.2) is 12.4 Å². The molecular formula is C20H24N3O+. The van der Waals surface area contributed by atoms with Crippen LogP contribution < -0.4 is 9.99 Å². The maximum absolute atomic E-state index is 12.1. The molecule has 0 radical (unpaired) electrons. The number of aryl methyl sites for hydroxylation is 1. The van der Waals surface area contributed by atoms with Crippen LogP contribution in [-0.4, -0.2) is 12.1 Å². The third-order valence-corrected chi connectivity index (χ3v) is 3.57. The van der Waals surface area contributed by atoms with Crippen molar-refractivity contribution in [2.75, 3.05) is 0 Å². The monoisotopic (exact) mass is 322 g/mol. The number of carbonyl (C=O) groups excluding carboxylic acids is 1. The van der Waals surface area contributed by atoms with Crippen LogP contribution in [0.3, 0.4) is 0 Å².